The van der Waals surface area contributed by atoms with Crippen LogP contribution in [0.15, 0.2) is 103 Å². The number of esters is 1. The predicted molar refractivity (Wildman–Crippen MR) is 146 cm³/mol. The Hall–Kier alpha value is -4.84. The van der Waals surface area contributed by atoms with Crippen LogP contribution in [0.1, 0.15) is 33.2 Å². The van der Waals surface area contributed by atoms with Gasteiger partial charge < -0.3 is 10.1 Å². The van der Waals surface area contributed by atoms with E-state index in [2.05, 4.69) is 10.3 Å². The molecule has 0 radical (unpaired) electrons. The number of anilines is 1. The number of carbonyl (C=O) groups is 2. The van der Waals surface area contributed by atoms with E-state index < -0.39 is 18.0 Å². The van der Waals surface area contributed by atoms with Crippen LogP contribution >= 0.6 is 0 Å². The molecule has 1 unspecified atom stereocenters. The Kier molecular flexibility index (Phi) is 6.96. The molecule has 6 heteroatoms. The molecule has 0 saturated heterocycles. The topological polar surface area (TPSA) is 68.3 Å². The lowest BCUT2D eigenvalue weighted by Gasteiger charge is -2.20. The summed E-state index contributed by atoms with van der Waals surface area (Å²) in [7, 11) is 0. The number of hydrogen-bond donors (Lipinski definition) is 1. The number of rotatable bonds is 6. The summed E-state index contributed by atoms with van der Waals surface area (Å²) in [5, 5.41) is 3.51. The number of carbonyl (C=O) groups excluding carboxylic acids is 2. The molecular formula is C32H25FN2O3. The highest BCUT2D eigenvalue weighted by molar-refractivity contribution is 6.06. The van der Waals surface area contributed by atoms with Crippen LogP contribution in [-0.4, -0.2) is 16.9 Å². The molecule has 0 saturated carbocycles. The van der Waals surface area contributed by atoms with E-state index in [9.17, 15) is 14.0 Å². The van der Waals surface area contributed by atoms with Gasteiger partial charge in [0, 0.05) is 22.2 Å². The van der Waals surface area contributed by atoms with Crippen LogP contribution in [0.3, 0.4) is 0 Å². The smallest absolute Gasteiger partial charge is 0.340 e. The standard InChI is InChI=1S/C32H25FN2O3/c1-20-12-13-21(2)28(18-20)35-31(36)30(23-8-4-3-5-9-23)38-32(37)26-19-29(22-14-16-24(33)17-15-22)34-27-11-7-6-10-25(26)27/h3-19,30H,1-2H3,(H,35,36). The fourth-order valence-corrected chi connectivity index (χ4v) is 4.25. The van der Waals surface area contributed by atoms with E-state index in [1.807, 2.05) is 44.2 Å². The number of halogens is 1. The summed E-state index contributed by atoms with van der Waals surface area (Å²) in [4.78, 5) is 31.8. The quantitative estimate of drug-likeness (QED) is 0.248. The second kappa shape index (κ2) is 10.6. The lowest BCUT2D eigenvalue weighted by Crippen LogP contribution is -2.26. The average Bonchev–Trinajstić information content (AvgIpc) is 2.93. The molecule has 1 heterocycles. The van der Waals surface area contributed by atoms with Gasteiger partial charge in [0.25, 0.3) is 5.91 Å². The minimum absolute atomic E-state index is 0.260. The van der Waals surface area contributed by atoms with Crippen molar-refractivity contribution in [1.82, 2.24) is 4.98 Å². The third-order valence-corrected chi connectivity index (χ3v) is 6.29. The number of aryl methyl sites for hydroxylation is 2. The lowest BCUT2D eigenvalue weighted by atomic mass is 10.0. The van der Waals surface area contributed by atoms with Crippen LogP contribution in [0.5, 0.6) is 0 Å². The van der Waals surface area contributed by atoms with Crippen LogP contribution < -0.4 is 5.32 Å². The Balaban J connectivity index is 1.53. The molecule has 1 aromatic heterocycles. The molecule has 0 spiro atoms. The van der Waals surface area contributed by atoms with E-state index in [1.165, 1.54) is 12.1 Å². The number of nitrogens with one attached hydrogen (secondary N) is 1. The maximum Gasteiger partial charge on any atom is 0.340 e. The number of amides is 1. The van der Waals surface area contributed by atoms with Gasteiger partial charge >= 0.3 is 5.97 Å². The summed E-state index contributed by atoms with van der Waals surface area (Å²) in [6.45, 7) is 3.84. The van der Waals surface area contributed by atoms with Crippen LogP contribution in [0.25, 0.3) is 22.2 Å². The summed E-state index contributed by atoms with van der Waals surface area (Å²) in [5.74, 6) is -1.50. The maximum absolute atomic E-state index is 13.7. The number of fused-ring (bicyclic) bond motifs is 1. The second-order valence-electron chi connectivity index (χ2n) is 9.08. The molecule has 5 rings (SSSR count). The van der Waals surface area contributed by atoms with Gasteiger partial charge in [-0.05, 0) is 67.4 Å². The van der Waals surface area contributed by atoms with Crippen LogP contribution in [0.2, 0.25) is 0 Å². The molecule has 0 bridgehead atoms. The summed E-state index contributed by atoms with van der Waals surface area (Å²) in [6.07, 6.45) is -1.19. The van der Waals surface area contributed by atoms with E-state index in [4.69, 9.17) is 4.74 Å². The fraction of sp³-hybridized carbons (Fsp3) is 0.0938. The van der Waals surface area contributed by atoms with Crippen molar-refractivity contribution in [2.75, 3.05) is 5.32 Å². The second-order valence-corrected chi connectivity index (χ2v) is 9.08. The first-order chi connectivity index (χ1) is 18.4. The van der Waals surface area contributed by atoms with Gasteiger partial charge in [-0.25, -0.2) is 14.2 Å². The molecule has 1 atom stereocenters. The summed E-state index contributed by atoms with van der Waals surface area (Å²) in [5.41, 5.74) is 5.07. The average molecular weight is 505 g/mol. The first-order valence-corrected chi connectivity index (χ1v) is 12.2. The third-order valence-electron chi connectivity index (χ3n) is 6.29. The zero-order valence-electron chi connectivity index (χ0n) is 20.9. The number of benzene rings is 4. The van der Waals surface area contributed by atoms with Crippen molar-refractivity contribution in [3.05, 3.63) is 131 Å². The van der Waals surface area contributed by atoms with Gasteiger partial charge in [0.05, 0.1) is 16.8 Å². The zero-order chi connectivity index (χ0) is 26.6. The number of pyridine rings is 1. The molecule has 5 aromatic rings. The monoisotopic (exact) mass is 504 g/mol. The van der Waals surface area contributed by atoms with Crippen LogP contribution in [0.4, 0.5) is 10.1 Å². The number of nitrogens with zero attached hydrogens (tertiary/aromatic N) is 1. The van der Waals surface area contributed by atoms with Gasteiger partial charge in [-0.1, -0.05) is 60.7 Å². The summed E-state index contributed by atoms with van der Waals surface area (Å²) >= 11 is 0. The van der Waals surface area contributed by atoms with Crippen LogP contribution in [-0.2, 0) is 9.53 Å². The molecule has 4 aromatic carbocycles. The highest BCUT2D eigenvalue weighted by atomic mass is 19.1. The molecule has 38 heavy (non-hydrogen) atoms. The van der Waals surface area contributed by atoms with Gasteiger partial charge in [0.1, 0.15) is 5.82 Å². The Morgan fingerprint density at radius 2 is 1.55 bits per heavy atom. The van der Waals surface area contributed by atoms with E-state index in [1.54, 1.807) is 60.7 Å². The Bertz CT molecular complexity index is 1630. The van der Waals surface area contributed by atoms with Gasteiger partial charge in [-0.3, -0.25) is 4.79 Å². The maximum atomic E-state index is 13.7. The molecule has 0 aliphatic heterocycles. The van der Waals surface area contributed by atoms with Crippen molar-refractivity contribution in [3.63, 3.8) is 0 Å². The molecular weight excluding hydrogens is 479 g/mol. The highest BCUT2D eigenvalue weighted by Crippen LogP contribution is 2.29. The van der Waals surface area contributed by atoms with Gasteiger partial charge in [0.2, 0.25) is 6.10 Å². The normalized spacial score (nSPS) is 11.7. The van der Waals surface area contributed by atoms with E-state index >= 15 is 0 Å². The molecule has 1 amide bonds. The van der Waals surface area contributed by atoms with Crippen LogP contribution in [0, 0.1) is 19.7 Å². The van der Waals surface area contributed by atoms with E-state index in [0.717, 1.165) is 11.1 Å². The van der Waals surface area contributed by atoms with E-state index in [-0.39, 0.29) is 11.4 Å². The minimum atomic E-state index is -1.19. The Morgan fingerprint density at radius 1 is 0.842 bits per heavy atom. The summed E-state index contributed by atoms with van der Waals surface area (Å²) < 4.78 is 19.4. The number of hydrogen-bond acceptors (Lipinski definition) is 4. The SMILES string of the molecule is Cc1ccc(C)c(NC(=O)C(OC(=O)c2cc(-c3ccc(F)cc3)nc3ccccc23)c2ccccc2)c1. The van der Waals surface area contributed by atoms with Crippen molar-refractivity contribution in [3.8, 4) is 11.3 Å². The first-order valence-electron chi connectivity index (χ1n) is 12.2. The molecule has 1 N–H and O–H groups in total. The van der Waals surface area contributed by atoms with Crippen molar-refractivity contribution >= 4 is 28.5 Å². The van der Waals surface area contributed by atoms with Crippen molar-refractivity contribution in [1.29, 1.82) is 0 Å². The van der Waals surface area contributed by atoms with Crippen molar-refractivity contribution in [2.24, 2.45) is 0 Å². The Labute approximate surface area is 219 Å². The molecule has 0 aliphatic carbocycles. The van der Waals surface area contributed by atoms with Gasteiger partial charge in [0.15, 0.2) is 0 Å². The molecule has 0 aliphatic rings. The van der Waals surface area contributed by atoms with Gasteiger partial charge in [-0.15, -0.1) is 0 Å². The largest absolute Gasteiger partial charge is 0.444 e. The molecule has 5 nitrogen and oxygen atoms in total. The van der Waals surface area contributed by atoms with Crippen molar-refractivity contribution in [2.45, 2.75) is 20.0 Å². The first kappa shape index (κ1) is 24.8. The number of ether oxygens (including phenoxy) is 1. The third kappa shape index (κ3) is 5.30. The fourth-order valence-electron chi connectivity index (χ4n) is 4.25. The highest BCUT2D eigenvalue weighted by Gasteiger charge is 2.27. The Morgan fingerprint density at radius 3 is 2.32 bits per heavy atom. The van der Waals surface area contributed by atoms with Crippen molar-refractivity contribution < 1.29 is 18.7 Å². The van der Waals surface area contributed by atoms with E-state index in [0.29, 0.717) is 33.4 Å². The minimum Gasteiger partial charge on any atom is -0.444 e. The van der Waals surface area contributed by atoms with Gasteiger partial charge in [-0.2, -0.15) is 0 Å². The molecule has 0 fully saturated rings. The predicted octanol–water partition coefficient (Wildman–Crippen LogP) is 7.19. The number of para-hydroxylation sites is 1. The number of aromatic nitrogens is 1. The summed E-state index contributed by atoms with van der Waals surface area (Å²) in [6, 6.07) is 29.4. The lowest BCUT2D eigenvalue weighted by molar-refractivity contribution is -0.125. The molecule has 188 valence electrons. The zero-order valence-corrected chi connectivity index (χ0v) is 20.9.